The molecule has 0 radical (unpaired) electrons. The summed E-state index contributed by atoms with van der Waals surface area (Å²) in [5, 5.41) is 9.90. The largest absolute Gasteiger partial charge is 0.448 e. The summed E-state index contributed by atoms with van der Waals surface area (Å²) < 4.78 is 37.2. The Morgan fingerprint density at radius 1 is 1.05 bits per heavy atom. The Morgan fingerprint density at radius 2 is 1.73 bits per heavy atom. The number of oxime groups is 1. The summed E-state index contributed by atoms with van der Waals surface area (Å²) in [5.41, 5.74) is 2.14. The van der Waals surface area contributed by atoms with E-state index in [2.05, 4.69) is 27.4 Å². The van der Waals surface area contributed by atoms with Crippen molar-refractivity contribution in [2.75, 3.05) is 17.7 Å². The summed E-state index contributed by atoms with van der Waals surface area (Å²) in [5.74, 6) is -2.19. The van der Waals surface area contributed by atoms with Gasteiger partial charge in [-0.3, -0.25) is 19.3 Å². The van der Waals surface area contributed by atoms with E-state index in [4.69, 9.17) is 13.8 Å². The second kappa shape index (κ2) is 17.4. The van der Waals surface area contributed by atoms with E-state index in [0.717, 1.165) is 23.2 Å². The molecule has 3 heterocycles. The van der Waals surface area contributed by atoms with Crippen LogP contribution < -0.4 is 10.6 Å². The highest BCUT2D eigenvalue weighted by atomic mass is 32.2. The predicted octanol–water partition coefficient (Wildman–Crippen LogP) is 4.83. The van der Waals surface area contributed by atoms with Crippen LogP contribution in [0.3, 0.4) is 0 Å². The minimum absolute atomic E-state index is 0.0233. The van der Waals surface area contributed by atoms with Crippen molar-refractivity contribution in [3.8, 4) is 0 Å². The SMILES string of the molecule is C=CCON=C(C(=O)NC1C(=O)N2C(C(=O)OC(c3ccccc3)c3ccccc3)=C(C=COS(=O)(=O)c3ccc(C)cc3)CS[C@@H]12)c1csc(NC=O)n1. The highest BCUT2D eigenvalue weighted by molar-refractivity contribution is 8.00. The van der Waals surface area contributed by atoms with Gasteiger partial charge in [-0.2, -0.15) is 8.42 Å². The number of hydrogen-bond donors (Lipinski definition) is 2. The molecule has 0 aliphatic carbocycles. The van der Waals surface area contributed by atoms with Gasteiger partial charge in [0, 0.05) is 11.1 Å². The number of ether oxygens (including phenoxy) is 1. The first kappa shape index (κ1) is 38.7. The van der Waals surface area contributed by atoms with Gasteiger partial charge >= 0.3 is 16.1 Å². The smallest absolute Gasteiger partial charge is 0.356 e. The summed E-state index contributed by atoms with van der Waals surface area (Å²) in [6.07, 6.45) is 3.25. The maximum atomic E-state index is 14.3. The first-order valence-corrected chi connectivity index (χ1v) is 19.9. The van der Waals surface area contributed by atoms with Crippen LogP contribution in [-0.2, 0) is 43.1 Å². The molecule has 1 fully saturated rings. The maximum Gasteiger partial charge on any atom is 0.356 e. The van der Waals surface area contributed by atoms with Crippen LogP contribution in [0.5, 0.6) is 0 Å². The molecule has 0 saturated carbocycles. The normalized spacial score (nSPS) is 16.9. The van der Waals surface area contributed by atoms with Gasteiger partial charge < -0.3 is 24.4 Å². The lowest BCUT2D eigenvalue weighted by Gasteiger charge is -2.49. The molecule has 55 heavy (non-hydrogen) atoms. The van der Waals surface area contributed by atoms with E-state index in [1.54, 1.807) is 12.1 Å². The molecule has 3 aromatic carbocycles. The Kier molecular flexibility index (Phi) is 12.2. The second-order valence-electron chi connectivity index (χ2n) is 11.8. The first-order chi connectivity index (χ1) is 26.6. The Balaban J connectivity index is 1.30. The molecule has 0 bridgehead atoms. The van der Waals surface area contributed by atoms with Crippen LogP contribution in [0, 0.1) is 6.92 Å². The first-order valence-electron chi connectivity index (χ1n) is 16.5. The van der Waals surface area contributed by atoms with Crippen molar-refractivity contribution >= 4 is 68.3 Å². The third-order valence-corrected chi connectivity index (χ3v) is 11.5. The van der Waals surface area contributed by atoms with Gasteiger partial charge in [-0.25, -0.2) is 9.78 Å². The molecular weight excluding hydrogens is 767 g/mol. The predicted molar refractivity (Wildman–Crippen MR) is 206 cm³/mol. The second-order valence-corrected chi connectivity index (χ2v) is 15.4. The molecule has 2 aliphatic rings. The molecule has 2 atom stereocenters. The Hall–Kier alpha value is -6.04. The highest BCUT2D eigenvalue weighted by Crippen LogP contribution is 2.42. The number of thioether (sulfide) groups is 1. The molecule has 1 saturated heterocycles. The summed E-state index contributed by atoms with van der Waals surface area (Å²) in [7, 11) is -4.20. The Bertz CT molecular complexity index is 2240. The zero-order valence-corrected chi connectivity index (χ0v) is 31.5. The van der Waals surface area contributed by atoms with Crippen molar-refractivity contribution in [2.45, 2.75) is 29.3 Å². The summed E-state index contributed by atoms with van der Waals surface area (Å²) in [4.78, 5) is 63.3. The summed E-state index contributed by atoms with van der Waals surface area (Å²) >= 11 is 2.27. The average Bonchev–Trinajstić information content (AvgIpc) is 3.66. The molecule has 4 aromatic rings. The minimum Gasteiger partial charge on any atom is -0.448 e. The van der Waals surface area contributed by atoms with Gasteiger partial charge in [-0.05, 0) is 41.8 Å². The fourth-order valence-electron chi connectivity index (χ4n) is 5.52. The van der Waals surface area contributed by atoms with Crippen LogP contribution in [0.4, 0.5) is 5.13 Å². The van der Waals surface area contributed by atoms with Crippen molar-refractivity contribution in [1.29, 1.82) is 0 Å². The number of anilines is 1. The van der Waals surface area contributed by atoms with Crippen molar-refractivity contribution in [3.63, 3.8) is 0 Å². The number of benzene rings is 3. The number of thiazole rings is 1. The van der Waals surface area contributed by atoms with E-state index < -0.39 is 45.4 Å². The topological polar surface area (TPSA) is 183 Å². The van der Waals surface area contributed by atoms with Crippen molar-refractivity contribution in [1.82, 2.24) is 15.2 Å². The van der Waals surface area contributed by atoms with E-state index in [1.807, 2.05) is 67.6 Å². The van der Waals surface area contributed by atoms with Gasteiger partial charge in [0.25, 0.3) is 11.8 Å². The summed E-state index contributed by atoms with van der Waals surface area (Å²) in [6.45, 7) is 5.36. The number of carbonyl (C=O) groups excluding carboxylic acids is 4. The zero-order valence-electron chi connectivity index (χ0n) is 29.1. The lowest BCUT2D eigenvalue weighted by Crippen LogP contribution is -2.71. The van der Waals surface area contributed by atoms with Gasteiger partial charge in [0.15, 0.2) is 16.9 Å². The molecule has 14 nitrogen and oxygen atoms in total. The molecule has 3 amide bonds. The quantitative estimate of drug-likeness (QED) is 0.0182. The van der Waals surface area contributed by atoms with Gasteiger partial charge in [0.2, 0.25) is 6.41 Å². The molecule has 2 N–H and O–H groups in total. The Labute approximate surface area is 324 Å². The number of hydrogen-bond acceptors (Lipinski definition) is 13. The number of rotatable bonds is 16. The van der Waals surface area contributed by atoms with E-state index in [9.17, 15) is 27.6 Å². The third kappa shape index (κ3) is 8.86. The standard InChI is InChI=1S/C38H33N5O9S3/c1-3-19-50-42-30(29-22-54-38(40-29)39-23-44)34(45)41-31-35(46)43-32(37(47)52-33(25-10-6-4-7-11-25)26-12-8-5-9-13-26)27(21-53-36(31)43)18-20-51-55(48,49)28-16-14-24(2)15-17-28/h3-18,20,22-23,31,33,36H,1,19,21H2,2H3,(H,41,45)(H,39,40,44)/t31?,36-/m0/s1. The van der Waals surface area contributed by atoms with Crippen LogP contribution >= 0.6 is 23.1 Å². The lowest BCUT2D eigenvalue weighted by molar-refractivity contribution is -0.154. The summed E-state index contributed by atoms with van der Waals surface area (Å²) in [6, 6.07) is 23.1. The number of nitrogens with zero attached hydrogens (tertiary/aromatic N) is 3. The van der Waals surface area contributed by atoms with Crippen LogP contribution in [0.15, 0.2) is 137 Å². The molecule has 2 aliphatic heterocycles. The van der Waals surface area contributed by atoms with E-state index >= 15 is 0 Å². The van der Waals surface area contributed by atoms with E-state index in [-0.39, 0.29) is 45.1 Å². The average molecular weight is 800 g/mol. The van der Waals surface area contributed by atoms with Crippen molar-refractivity contribution in [2.24, 2.45) is 5.16 Å². The van der Waals surface area contributed by atoms with E-state index in [1.165, 1.54) is 46.3 Å². The van der Waals surface area contributed by atoms with Gasteiger partial charge in [-0.15, -0.1) is 23.1 Å². The lowest BCUT2D eigenvalue weighted by atomic mass is 10.0. The van der Waals surface area contributed by atoms with Crippen LogP contribution in [-0.4, -0.2) is 72.0 Å². The number of amides is 3. The number of esters is 1. The number of β-lactam (4-membered cyclic amide) rings is 1. The number of aromatic nitrogens is 1. The fourth-order valence-corrected chi connectivity index (χ4v) is 8.27. The van der Waals surface area contributed by atoms with Gasteiger partial charge in [-0.1, -0.05) is 96.2 Å². The molecule has 282 valence electrons. The minimum atomic E-state index is -4.20. The third-order valence-electron chi connectivity index (χ3n) is 8.16. The molecule has 1 unspecified atom stereocenters. The maximum absolute atomic E-state index is 14.3. The molecule has 1 aromatic heterocycles. The molecular formula is C38H33N5O9S3. The van der Waals surface area contributed by atoms with Crippen LogP contribution in [0.25, 0.3) is 0 Å². The van der Waals surface area contributed by atoms with Crippen molar-refractivity contribution < 1.29 is 41.4 Å². The number of aryl methyl sites for hydroxylation is 1. The van der Waals surface area contributed by atoms with Crippen LogP contribution in [0.1, 0.15) is 28.5 Å². The fraction of sp³-hybridized carbons (Fsp3) is 0.158. The highest BCUT2D eigenvalue weighted by Gasteiger charge is 2.55. The number of allylic oxidation sites excluding steroid dienone is 1. The molecule has 0 spiro atoms. The molecule has 17 heteroatoms. The van der Waals surface area contributed by atoms with Crippen molar-refractivity contribution in [3.05, 3.63) is 149 Å². The van der Waals surface area contributed by atoms with Gasteiger partial charge in [0.1, 0.15) is 40.6 Å². The number of carbonyl (C=O) groups is 4. The zero-order chi connectivity index (χ0) is 39.0. The number of nitrogens with one attached hydrogen (secondary N) is 2. The number of fused-ring (bicyclic) bond motifs is 1. The van der Waals surface area contributed by atoms with Crippen LogP contribution in [0.2, 0.25) is 0 Å². The monoisotopic (exact) mass is 799 g/mol. The molecule has 6 rings (SSSR count). The van der Waals surface area contributed by atoms with E-state index in [0.29, 0.717) is 17.5 Å². The van der Waals surface area contributed by atoms with Gasteiger partial charge in [0.05, 0.1) is 0 Å². The Morgan fingerprint density at radius 3 is 2.36 bits per heavy atom.